The van der Waals surface area contributed by atoms with Gasteiger partial charge in [0, 0.05) is 19.1 Å². The van der Waals surface area contributed by atoms with E-state index in [9.17, 15) is 0 Å². The molecule has 16 heavy (non-hydrogen) atoms. The van der Waals surface area contributed by atoms with Crippen LogP contribution in [0.2, 0.25) is 0 Å². The molecule has 2 heterocycles. The zero-order valence-electron chi connectivity index (χ0n) is 10.2. The molecule has 1 aliphatic heterocycles. The number of nitrogens with zero attached hydrogens (tertiary/aromatic N) is 2. The Labute approximate surface area is 97.7 Å². The fraction of sp³-hybridized carbons (Fsp3) is 0.615. The quantitative estimate of drug-likeness (QED) is 0.830. The highest BCUT2D eigenvalue weighted by molar-refractivity contribution is 5.45. The molecule has 1 aromatic heterocycles. The molecule has 2 rings (SSSR count). The number of aromatic nitrogens is 1. The van der Waals surface area contributed by atoms with Crippen LogP contribution >= 0.6 is 0 Å². The SMILES string of the molecule is CC1CCN(c2ccc([C@H](C)N)nc2)CC1. The van der Waals surface area contributed by atoms with Crippen molar-refractivity contribution in [1.82, 2.24) is 4.98 Å². The van der Waals surface area contributed by atoms with Crippen LogP contribution in [0.5, 0.6) is 0 Å². The van der Waals surface area contributed by atoms with Gasteiger partial charge in [0.1, 0.15) is 0 Å². The van der Waals surface area contributed by atoms with E-state index in [2.05, 4.69) is 22.9 Å². The Kier molecular flexibility index (Phi) is 3.44. The Bertz CT molecular complexity index is 324. The predicted molar refractivity (Wildman–Crippen MR) is 67.5 cm³/mol. The predicted octanol–water partition coefficient (Wildman–Crippen LogP) is 2.34. The zero-order chi connectivity index (χ0) is 11.5. The minimum absolute atomic E-state index is 0.0235. The lowest BCUT2D eigenvalue weighted by molar-refractivity contribution is 0.438. The molecule has 0 amide bonds. The van der Waals surface area contributed by atoms with Crippen LogP contribution in [0.4, 0.5) is 5.69 Å². The second-order valence-corrected chi connectivity index (χ2v) is 4.90. The van der Waals surface area contributed by atoms with Gasteiger partial charge >= 0.3 is 0 Å². The number of piperidine rings is 1. The Morgan fingerprint density at radius 3 is 2.56 bits per heavy atom. The Balaban J connectivity index is 2.04. The largest absolute Gasteiger partial charge is 0.370 e. The summed E-state index contributed by atoms with van der Waals surface area (Å²) in [5.41, 5.74) is 7.98. The van der Waals surface area contributed by atoms with Crippen LogP contribution in [0, 0.1) is 5.92 Å². The maximum atomic E-state index is 5.78. The molecule has 0 spiro atoms. The van der Waals surface area contributed by atoms with Gasteiger partial charge in [-0.1, -0.05) is 6.92 Å². The fourth-order valence-electron chi connectivity index (χ4n) is 2.12. The van der Waals surface area contributed by atoms with Gasteiger partial charge in [0.15, 0.2) is 0 Å². The van der Waals surface area contributed by atoms with E-state index in [0.717, 1.165) is 24.7 Å². The van der Waals surface area contributed by atoms with Gasteiger partial charge in [0.25, 0.3) is 0 Å². The van der Waals surface area contributed by atoms with Crippen LogP contribution < -0.4 is 10.6 Å². The van der Waals surface area contributed by atoms with E-state index in [0.29, 0.717) is 0 Å². The summed E-state index contributed by atoms with van der Waals surface area (Å²) >= 11 is 0. The Morgan fingerprint density at radius 1 is 1.38 bits per heavy atom. The van der Waals surface area contributed by atoms with E-state index in [1.54, 1.807) is 0 Å². The van der Waals surface area contributed by atoms with Gasteiger partial charge in [-0.25, -0.2) is 0 Å². The molecule has 1 fully saturated rings. The van der Waals surface area contributed by atoms with Crippen LogP contribution in [0.1, 0.15) is 38.4 Å². The van der Waals surface area contributed by atoms with Crippen LogP contribution in [0.15, 0.2) is 18.3 Å². The normalized spacial score (nSPS) is 19.8. The molecular weight excluding hydrogens is 198 g/mol. The van der Waals surface area contributed by atoms with Gasteiger partial charge in [-0.05, 0) is 37.8 Å². The molecule has 1 aromatic rings. The summed E-state index contributed by atoms with van der Waals surface area (Å²) in [7, 11) is 0. The molecule has 88 valence electrons. The van der Waals surface area contributed by atoms with E-state index >= 15 is 0 Å². The minimum Gasteiger partial charge on any atom is -0.370 e. The van der Waals surface area contributed by atoms with Gasteiger partial charge in [-0.3, -0.25) is 4.98 Å². The van der Waals surface area contributed by atoms with E-state index in [-0.39, 0.29) is 6.04 Å². The van der Waals surface area contributed by atoms with Crippen LogP contribution in [0.3, 0.4) is 0 Å². The molecule has 1 aliphatic rings. The number of anilines is 1. The number of hydrogen-bond donors (Lipinski definition) is 1. The summed E-state index contributed by atoms with van der Waals surface area (Å²) in [6.45, 7) is 6.60. The molecular formula is C13H21N3. The first kappa shape index (κ1) is 11.4. The summed E-state index contributed by atoms with van der Waals surface area (Å²) in [5, 5.41) is 0. The van der Waals surface area contributed by atoms with E-state index < -0.39 is 0 Å². The lowest BCUT2D eigenvalue weighted by Gasteiger charge is -2.31. The molecule has 0 unspecified atom stereocenters. The van der Waals surface area contributed by atoms with Crippen molar-refractivity contribution >= 4 is 5.69 Å². The Morgan fingerprint density at radius 2 is 2.06 bits per heavy atom. The molecule has 1 atom stereocenters. The van der Waals surface area contributed by atoms with Crippen molar-refractivity contribution < 1.29 is 0 Å². The molecule has 2 N–H and O–H groups in total. The first-order valence-corrected chi connectivity index (χ1v) is 6.13. The maximum absolute atomic E-state index is 5.78. The lowest BCUT2D eigenvalue weighted by Crippen LogP contribution is -2.32. The van der Waals surface area contributed by atoms with Gasteiger partial charge in [0.2, 0.25) is 0 Å². The topological polar surface area (TPSA) is 42.1 Å². The third-order valence-corrected chi connectivity index (χ3v) is 3.39. The van der Waals surface area contributed by atoms with E-state index in [4.69, 9.17) is 5.73 Å². The Hall–Kier alpha value is -1.09. The summed E-state index contributed by atoms with van der Waals surface area (Å²) in [6, 6.07) is 4.20. The number of pyridine rings is 1. The molecule has 3 nitrogen and oxygen atoms in total. The molecule has 0 radical (unpaired) electrons. The van der Waals surface area contributed by atoms with Crippen molar-refractivity contribution in [2.45, 2.75) is 32.7 Å². The van der Waals surface area contributed by atoms with E-state index in [1.807, 2.05) is 19.2 Å². The van der Waals surface area contributed by atoms with Crippen molar-refractivity contribution in [2.24, 2.45) is 11.7 Å². The third-order valence-electron chi connectivity index (χ3n) is 3.39. The highest BCUT2D eigenvalue weighted by Gasteiger charge is 2.16. The smallest absolute Gasteiger partial charge is 0.0569 e. The monoisotopic (exact) mass is 219 g/mol. The maximum Gasteiger partial charge on any atom is 0.0569 e. The van der Waals surface area contributed by atoms with Gasteiger partial charge in [0.05, 0.1) is 17.6 Å². The number of hydrogen-bond acceptors (Lipinski definition) is 3. The lowest BCUT2D eigenvalue weighted by atomic mass is 9.99. The average Bonchev–Trinajstić information content (AvgIpc) is 2.30. The summed E-state index contributed by atoms with van der Waals surface area (Å²) in [6.07, 6.45) is 4.53. The van der Waals surface area contributed by atoms with Crippen LogP contribution in [0.25, 0.3) is 0 Å². The molecule has 0 saturated carbocycles. The van der Waals surface area contributed by atoms with Crippen LogP contribution in [-0.4, -0.2) is 18.1 Å². The first-order chi connectivity index (χ1) is 7.66. The molecule has 0 bridgehead atoms. The highest BCUT2D eigenvalue weighted by Crippen LogP contribution is 2.22. The first-order valence-electron chi connectivity index (χ1n) is 6.13. The van der Waals surface area contributed by atoms with Crippen molar-refractivity contribution in [2.75, 3.05) is 18.0 Å². The van der Waals surface area contributed by atoms with Crippen molar-refractivity contribution in [1.29, 1.82) is 0 Å². The third kappa shape index (κ3) is 2.53. The van der Waals surface area contributed by atoms with Crippen molar-refractivity contribution in [3.05, 3.63) is 24.0 Å². The standard InChI is InChI=1S/C13H21N3/c1-10-5-7-16(8-6-10)12-3-4-13(11(2)14)15-9-12/h3-4,9-11H,5-8,14H2,1-2H3/t11-/m0/s1. The molecule has 0 aliphatic carbocycles. The van der Waals surface area contributed by atoms with Gasteiger partial charge in [-0.2, -0.15) is 0 Å². The van der Waals surface area contributed by atoms with Gasteiger partial charge in [-0.15, -0.1) is 0 Å². The van der Waals surface area contributed by atoms with Crippen LogP contribution in [-0.2, 0) is 0 Å². The molecule has 3 heteroatoms. The van der Waals surface area contributed by atoms with Crippen molar-refractivity contribution in [3.8, 4) is 0 Å². The second-order valence-electron chi connectivity index (χ2n) is 4.90. The highest BCUT2D eigenvalue weighted by atomic mass is 15.1. The summed E-state index contributed by atoms with van der Waals surface area (Å²) in [5.74, 6) is 0.868. The fourth-order valence-corrected chi connectivity index (χ4v) is 2.12. The second kappa shape index (κ2) is 4.83. The number of rotatable bonds is 2. The van der Waals surface area contributed by atoms with E-state index in [1.165, 1.54) is 18.5 Å². The molecule has 1 saturated heterocycles. The molecule has 0 aromatic carbocycles. The van der Waals surface area contributed by atoms with Crippen molar-refractivity contribution in [3.63, 3.8) is 0 Å². The number of nitrogens with two attached hydrogens (primary N) is 1. The van der Waals surface area contributed by atoms with Gasteiger partial charge < -0.3 is 10.6 Å². The minimum atomic E-state index is 0.0235. The zero-order valence-corrected chi connectivity index (χ0v) is 10.2. The summed E-state index contributed by atoms with van der Waals surface area (Å²) < 4.78 is 0. The average molecular weight is 219 g/mol. The summed E-state index contributed by atoms with van der Waals surface area (Å²) in [4.78, 5) is 6.82.